The molecule has 2 heterocycles. The second-order valence-electron chi connectivity index (χ2n) is 17.6. The van der Waals surface area contributed by atoms with Gasteiger partial charge in [-0.15, -0.1) is 0 Å². The summed E-state index contributed by atoms with van der Waals surface area (Å²) in [5.41, 5.74) is 0.853. The van der Waals surface area contributed by atoms with Crippen molar-refractivity contribution < 1.29 is 38.3 Å². The Labute approximate surface area is 357 Å². The number of carbonyl (C=O) groups excluding carboxylic acids is 6. The Bertz CT molecular complexity index is 1730. The van der Waals surface area contributed by atoms with E-state index in [0.29, 0.717) is 64.3 Å². The molecule has 5 atom stereocenters. The number of ether oxygens (including phenoxy) is 1. The molecule has 0 bridgehead atoms. The normalized spacial score (nSPS) is 18.8. The first-order valence-corrected chi connectivity index (χ1v) is 24.8. The molecule has 4 rings (SSSR count). The Hall–Kier alpha value is -4.44. The third kappa shape index (κ3) is 16.2. The highest BCUT2D eigenvalue weighted by atomic mass is 28.4. The molecule has 5 N–H and O–H groups in total. The van der Waals surface area contributed by atoms with E-state index in [2.05, 4.69) is 21.3 Å². The third-order valence-corrected chi connectivity index (χ3v) is 12.6. The topological polar surface area (TPSA) is 190 Å². The zero-order valence-electron chi connectivity index (χ0n) is 36.5. The van der Waals surface area contributed by atoms with Crippen LogP contribution in [0.25, 0.3) is 0 Å². The van der Waals surface area contributed by atoms with Crippen LogP contribution in [0.2, 0.25) is 19.1 Å². The molecule has 2 aromatic carbocycles. The average Bonchev–Trinajstić information content (AvgIpc) is 3.96. The van der Waals surface area contributed by atoms with E-state index in [9.17, 15) is 33.6 Å². The number of amides is 5. The predicted octanol–water partition coefficient (Wildman–Crippen LogP) is 3.13. The predicted molar refractivity (Wildman–Crippen MR) is 233 cm³/mol. The van der Waals surface area contributed by atoms with E-state index >= 15 is 0 Å². The molecule has 5 amide bonds. The largest absolute Gasteiger partial charge is 0.432 e. The van der Waals surface area contributed by atoms with Gasteiger partial charge in [-0.25, -0.2) is 0 Å². The van der Waals surface area contributed by atoms with E-state index in [4.69, 9.17) is 4.74 Å². The molecule has 15 heteroatoms. The summed E-state index contributed by atoms with van der Waals surface area (Å²) in [5.74, 6) is -1.97. The van der Waals surface area contributed by atoms with Gasteiger partial charge < -0.3 is 35.7 Å². The Balaban J connectivity index is 1.43. The van der Waals surface area contributed by atoms with Crippen LogP contribution in [0.4, 0.5) is 0 Å². The van der Waals surface area contributed by atoms with Crippen LogP contribution in [-0.4, -0.2) is 127 Å². The van der Waals surface area contributed by atoms with Crippen molar-refractivity contribution in [3.8, 4) is 0 Å². The van der Waals surface area contributed by atoms with Crippen LogP contribution in [0, 0.1) is 5.92 Å². The van der Waals surface area contributed by atoms with E-state index in [1.165, 1.54) is 0 Å². The molecule has 0 saturated carbocycles. The van der Waals surface area contributed by atoms with Crippen molar-refractivity contribution in [2.24, 2.45) is 5.92 Å². The highest BCUT2D eigenvalue weighted by Crippen LogP contribution is 2.29. The van der Waals surface area contributed by atoms with Gasteiger partial charge in [0.25, 0.3) is 0 Å². The molecular formula is C45H68N6O8Si. The molecule has 60 heavy (non-hydrogen) atoms. The zero-order valence-corrected chi connectivity index (χ0v) is 37.5. The number of nitrogens with zero attached hydrogens (tertiary/aromatic N) is 2. The first-order valence-electron chi connectivity index (χ1n) is 21.7. The molecule has 0 radical (unpaired) electrons. The Morgan fingerprint density at radius 1 is 0.767 bits per heavy atom. The number of epoxide rings is 1. The monoisotopic (exact) mass is 848 g/mol. The minimum Gasteiger partial charge on any atom is -0.432 e. The van der Waals surface area contributed by atoms with Gasteiger partial charge in [-0.1, -0.05) is 87.9 Å². The molecule has 0 spiro atoms. The third-order valence-electron chi connectivity index (χ3n) is 11.1. The lowest BCUT2D eigenvalue weighted by molar-refractivity contribution is -0.135. The number of rotatable bonds is 24. The highest BCUT2D eigenvalue weighted by molar-refractivity contribution is 6.69. The summed E-state index contributed by atoms with van der Waals surface area (Å²) in [6.07, 6.45) is 3.22. The summed E-state index contributed by atoms with van der Waals surface area (Å²) in [5, 5.41) is 11.6. The van der Waals surface area contributed by atoms with Crippen molar-refractivity contribution in [1.29, 1.82) is 0 Å². The van der Waals surface area contributed by atoms with Gasteiger partial charge in [0, 0.05) is 39.0 Å². The number of hydrogen-bond acceptors (Lipinski definition) is 9. The molecule has 0 unspecified atom stereocenters. The summed E-state index contributed by atoms with van der Waals surface area (Å²) >= 11 is 0. The van der Waals surface area contributed by atoms with E-state index in [1.807, 2.05) is 99.4 Å². The highest BCUT2D eigenvalue weighted by Gasteiger charge is 2.50. The smallest absolute Gasteiger partial charge is 0.243 e. The lowest BCUT2D eigenvalue weighted by atomic mass is 9.93. The minimum atomic E-state index is -2.21. The maximum absolute atomic E-state index is 14.1. The van der Waals surface area contributed by atoms with Crippen molar-refractivity contribution in [2.75, 3.05) is 39.3 Å². The van der Waals surface area contributed by atoms with Crippen LogP contribution in [0.15, 0.2) is 60.7 Å². The number of carbonyl (C=O) groups is 6. The van der Waals surface area contributed by atoms with E-state index in [-0.39, 0.29) is 55.9 Å². The molecule has 0 aromatic heterocycles. The number of Topliss-reactive ketones (excluding diaryl/α,β-unsaturated/α-hetero) is 1. The number of benzene rings is 2. The van der Waals surface area contributed by atoms with Crippen LogP contribution < -0.4 is 21.3 Å². The van der Waals surface area contributed by atoms with Crippen molar-refractivity contribution in [2.45, 2.75) is 128 Å². The number of piperazine rings is 1. The van der Waals surface area contributed by atoms with E-state index in [0.717, 1.165) is 11.1 Å². The number of nitrogens with one attached hydrogen (secondary N) is 4. The van der Waals surface area contributed by atoms with Crippen LogP contribution in [0.3, 0.4) is 0 Å². The molecule has 2 fully saturated rings. The first kappa shape index (κ1) is 48.2. The van der Waals surface area contributed by atoms with Gasteiger partial charge >= 0.3 is 0 Å². The van der Waals surface area contributed by atoms with E-state index < -0.39 is 55.8 Å². The Kier molecular flexibility index (Phi) is 18.5. The van der Waals surface area contributed by atoms with Crippen molar-refractivity contribution >= 4 is 43.6 Å². The van der Waals surface area contributed by atoms with E-state index in [1.54, 1.807) is 11.8 Å². The summed E-state index contributed by atoms with van der Waals surface area (Å²) in [6, 6.07) is 15.7. The maximum atomic E-state index is 14.1. The lowest BCUT2D eigenvalue weighted by Gasteiger charge is -2.34. The van der Waals surface area contributed by atoms with Crippen LogP contribution in [0.1, 0.15) is 77.3 Å². The Morgan fingerprint density at radius 3 is 1.85 bits per heavy atom. The molecular weight excluding hydrogens is 781 g/mol. The van der Waals surface area contributed by atoms with Gasteiger partial charge in [-0.05, 0) is 75.2 Å². The molecule has 2 aromatic rings. The van der Waals surface area contributed by atoms with Crippen molar-refractivity contribution in [3.05, 3.63) is 71.8 Å². The van der Waals surface area contributed by atoms with Gasteiger partial charge in [-0.3, -0.25) is 33.7 Å². The SMILES string of the molecule is CCC[C@H](NC(=O)[C@H](CCc1ccccc1)NC(=O)CN1CCN(C(=O)CCC[Si](C)(C)O)CC1)C(=O)N[C@@H](Cc1ccccc1)C(=O)N[C@@H](CC(C)C)C(=O)[C@@]1(C)CO1. The summed E-state index contributed by atoms with van der Waals surface area (Å²) < 4.78 is 5.41. The van der Waals surface area contributed by atoms with Crippen molar-refractivity contribution in [3.63, 3.8) is 0 Å². The fourth-order valence-corrected chi connectivity index (χ4v) is 8.45. The van der Waals surface area contributed by atoms with Gasteiger partial charge in [0.15, 0.2) is 14.1 Å². The summed E-state index contributed by atoms with van der Waals surface area (Å²) in [4.78, 5) is 95.7. The van der Waals surface area contributed by atoms with Gasteiger partial charge in [0.05, 0.1) is 19.2 Å². The lowest BCUT2D eigenvalue weighted by Crippen LogP contribution is -2.59. The van der Waals surface area contributed by atoms with Gasteiger partial charge in [0.1, 0.15) is 23.7 Å². The number of hydrogen-bond donors (Lipinski definition) is 5. The number of aryl methyl sites for hydroxylation is 1. The zero-order chi connectivity index (χ0) is 43.9. The van der Waals surface area contributed by atoms with Crippen molar-refractivity contribution in [1.82, 2.24) is 31.1 Å². The second-order valence-corrected chi connectivity index (χ2v) is 21.8. The van der Waals surface area contributed by atoms with Crippen LogP contribution in [0.5, 0.6) is 0 Å². The molecule has 14 nitrogen and oxygen atoms in total. The molecule has 2 aliphatic heterocycles. The minimum absolute atomic E-state index is 0.0438. The maximum Gasteiger partial charge on any atom is 0.243 e. The number of ketones is 1. The molecule has 2 aliphatic rings. The quantitative estimate of drug-likeness (QED) is 0.0781. The summed E-state index contributed by atoms with van der Waals surface area (Å²) in [7, 11) is -2.21. The Morgan fingerprint density at radius 2 is 1.30 bits per heavy atom. The van der Waals surface area contributed by atoms with Gasteiger partial charge in [0.2, 0.25) is 29.5 Å². The molecule has 0 aliphatic carbocycles. The fourth-order valence-electron chi connectivity index (χ4n) is 7.41. The second kappa shape index (κ2) is 23.0. The van der Waals surface area contributed by atoms with Gasteiger partial charge in [-0.2, -0.15) is 0 Å². The van der Waals surface area contributed by atoms with Crippen LogP contribution in [-0.2, 0) is 46.3 Å². The summed E-state index contributed by atoms with van der Waals surface area (Å²) in [6.45, 7) is 13.6. The first-order chi connectivity index (χ1) is 28.5. The molecule has 2 saturated heterocycles. The fraction of sp³-hybridized carbons (Fsp3) is 0.600. The average molecular weight is 849 g/mol. The van der Waals surface area contributed by atoms with Crippen LogP contribution >= 0.6 is 0 Å². The molecule has 330 valence electrons. The standard InChI is InChI=1S/C45H68N6O8Si/c1-7-15-35(42(55)49-38(29-34-18-12-9-13-19-34)44(57)48-37(28-32(2)3)41(54)45(4)31-59-45)47-43(56)36(22-21-33-16-10-8-11-17-33)46-39(52)30-50-23-25-51(26-24-50)40(53)20-14-27-60(5,6)58/h8-13,16-19,32,35-38,58H,7,14-15,20-31H2,1-6H3,(H,46,52)(H,47,56)(H,48,57)(H,49,55)/t35-,36-,37-,38-,45+/m0/s1.